The fraction of sp³-hybridized carbons (Fsp3) is 0.462. The van der Waals surface area contributed by atoms with Gasteiger partial charge in [0.05, 0.1) is 12.2 Å². The normalized spacial score (nSPS) is 19.0. The van der Waals surface area contributed by atoms with Crippen molar-refractivity contribution >= 4 is 5.78 Å². The third kappa shape index (κ3) is 2.04. The van der Waals surface area contributed by atoms with Crippen molar-refractivity contribution < 1.29 is 9.53 Å². The maximum Gasteiger partial charge on any atom is 0.167 e. The summed E-state index contributed by atoms with van der Waals surface area (Å²) >= 11 is 0. The summed E-state index contributed by atoms with van der Waals surface area (Å²) in [6, 6.07) is 5.79. The van der Waals surface area contributed by atoms with Crippen LogP contribution < -0.4 is 4.74 Å². The number of carbonyl (C=O) groups is 1. The van der Waals surface area contributed by atoms with Gasteiger partial charge in [-0.1, -0.05) is 25.5 Å². The van der Waals surface area contributed by atoms with Gasteiger partial charge in [-0.25, -0.2) is 0 Å². The van der Waals surface area contributed by atoms with Crippen molar-refractivity contribution in [1.29, 1.82) is 0 Å². The van der Waals surface area contributed by atoms with Gasteiger partial charge in [-0.15, -0.1) is 0 Å². The summed E-state index contributed by atoms with van der Waals surface area (Å²) in [6.07, 6.45) is 0.559. The zero-order valence-electron chi connectivity index (χ0n) is 9.46. The van der Waals surface area contributed by atoms with E-state index in [1.165, 1.54) is 0 Å². The Morgan fingerprint density at radius 3 is 2.80 bits per heavy atom. The average Bonchev–Trinajstić information content (AvgIpc) is 2.24. The van der Waals surface area contributed by atoms with Gasteiger partial charge < -0.3 is 4.74 Å². The van der Waals surface area contributed by atoms with Gasteiger partial charge in [-0.2, -0.15) is 0 Å². The molecule has 0 saturated heterocycles. The highest BCUT2D eigenvalue weighted by molar-refractivity contribution is 5.99. The van der Waals surface area contributed by atoms with Crippen LogP contribution in [-0.2, 0) is 0 Å². The van der Waals surface area contributed by atoms with Gasteiger partial charge in [-0.05, 0) is 19.1 Å². The first-order chi connectivity index (χ1) is 6.98. The van der Waals surface area contributed by atoms with E-state index in [4.69, 9.17) is 4.74 Å². The Morgan fingerprint density at radius 1 is 1.33 bits per heavy atom. The minimum absolute atomic E-state index is 0.0655. The SMILES string of the molecule is Cc1ccc2c(c1)C(=O)CC(C)(C)CO2. The van der Waals surface area contributed by atoms with Crippen LogP contribution in [0.5, 0.6) is 5.75 Å². The number of benzene rings is 1. The molecule has 0 radical (unpaired) electrons. The standard InChI is InChI=1S/C13H16O2/c1-9-4-5-12-10(6-9)11(14)7-13(2,3)8-15-12/h4-6H,7-8H2,1-3H3. The quantitative estimate of drug-likeness (QED) is 0.649. The van der Waals surface area contributed by atoms with Crippen molar-refractivity contribution in [2.45, 2.75) is 27.2 Å². The number of fused-ring (bicyclic) bond motifs is 1. The molecule has 0 N–H and O–H groups in total. The molecule has 2 rings (SSSR count). The first kappa shape index (κ1) is 10.2. The number of ether oxygens (including phenoxy) is 1. The molecule has 1 aromatic rings. The molecule has 0 aromatic heterocycles. The summed E-state index contributed by atoms with van der Waals surface area (Å²) in [5.74, 6) is 0.923. The molecule has 0 spiro atoms. The lowest BCUT2D eigenvalue weighted by atomic mass is 9.87. The second kappa shape index (κ2) is 3.37. The lowest BCUT2D eigenvalue weighted by Gasteiger charge is -2.19. The maximum absolute atomic E-state index is 12.0. The third-order valence-electron chi connectivity index (χ3n) is 2.69. The van der Waals surface area contributed by atoms with Crippen LogP contribution in [0.4, 0.5) is 0 Å². The summed E-state index contributed by atoms with van der Waals surface area (Å²) in [5.41, 5.74) is 1.77. The molecule has 0 unspecified atom stereocenters. The van der Waals surface area contributed by atoms with Crippen molar-refractivity contribution in [1.82, 2.24) is 0 Å². The second-order valence-electron chi connectivity index (χ2n) is 5.05. The highest BCUT2D eigenvalue weighted by Gasteiger charge is 2.29. The Balaban J connectivity index is 2.44. The molecule has 0 fully saturated rings. The van der Waals surface area contributed by atoms with Crippen LogP contribution in [0.3, 0.4) is 0 Å². The smallest absolute Gasteiger partial charge is 0.167 e. The summed E-state index contributed by atoms with van der Waals surface area (Å²) < 4.78 is 5.67. The molecule has 80 valence electrons. The van der Waals surface area contributed by atoms with E-state index in [-0.39, 0.29) is 11.2 Å². The van der Waals surface area contributed by atoms with Gasteiger partial charge in [0, 0.05) is 11.8 Å². The van der Waals surface area contributed by atoms with Crippen LogP contribution in [0.15, 0.2) is 18.2 Å². The summed E-state index contributed by atoms with van der Waals surface area (Å²) in [7, 11) is 0. The zero-order valence-corrected chi connectivity index (χ0v) is 9.46. The zero-order chi connectivity index (χ0) is 11.1. The molecular formula is C13H16O2. The Kier molecular flexibility index (Phi) is 2.29. The summed E-state index contributed by atoms with van der Waals surface area (Å²) in [6.45, 7) is 6.71. The number of hydrogen-bond acceptors (Lipinski definition) is 2. The highest BCUT2D eigenvalue weighted by atomic mass is 16.5. The number of ketones is 1. The Bertz CT molecular complexity index is 405. The largest absolute Gasteiger partial charge is 0.492 e. The minimum atomic E-state index is -0.0655. The van der Waals surface area contributed by atoms with Crippen molar-refractivity contribution in [3.63, 3.8) is 0 Å². The van der Waals surface area contributed by atoms with Crippen LogP contribution in [0.25, 0.3) is 0 Å². The predicted molar refractivity (Wildman–Crippen MR) is 59.4 cm³/mol. The topological polar surface area (TPSA) is 26.3 Å². The molecule has 0 atom stereocenters. The molecule has 0 saturated carbocycles. The number of rotatable bonds is 0. The van der Waals surface area contributed by atoms with E-state index in [2.05, 4.69) is 13.8 Å². The minimum Gasteiger partial charge on any atom is -0.492 e. The van der Waals surface area contributed by atoms with E-state index in [0.717, 1.165) is 16.9 Å². The van der Waals surface area contributed by atoms with E-state index in [1.54, 1.807) is 0 Å². The molecule has 1 aliphatic rings. The number of carbonyl (C=O) groups excluding carboxylic acids is 1. The van der Waals surface area contributed by atoms with Gasteiger partial charge in [0.25, 0.3) is 0 Å². The van der Waals surface area contributed by atoms with Gasteiger partial charge in [0.1, 0.15) is 5.75 Å². The van der Waals surface area contributed by atoms with E-state index >= 15 is 0 Å². The van der Waals surface area contributed by atoms with Crippen LogP contribution in [0.1, 0.15) is 36.2 Å². The van der Waals surface area contributed by atoms with Crippen molar-refractivity contribution in [3.8, 4) is 5.75 Å². The number of hydrogen-bond donors (Lipinski definition) is 0. The summed E-state index contributed by atoms with van der Waals surface area (Å²) in [4.78, 5) is 12.0. The van der Waals surface area contributed by atoms with E-state index in [9.17, 15) is 4.79 Å². The first-order valence-electron chi connectivity index (χ1n) is 5.25. The van der Waals surface area contributed by atoms with Gasteiger partial charge in [0.2, 0.25) is 0 Å². The maximum atomic E-state index is 12.0. The molecule has 1 aromatic carbocycles. The Hall–Kier alpha value is -1.31. The van der Waals surface area contributed by atoms with E-state index in [0.29, 0.717) is 13.0 Å². The fourth-order valence-electron chi connectivity index (χ4n) is 1.84. The average molecular weight is 204 g/mol. The van der Waals surface area contributed by atoms with E-state index < -0.39 is 0 Å². The molecular weight excluding hydrogens is 188 g/mol. The Labute approximate surface area is 90.3 Å². The van der Waals surface area contributed by atoms with Crippen LogP contribution >= 0.6 is 0 Å². The fourth-order valence-corrected chi connectivity index (χ4v) is 1.84. The van der Waals surface area contributed by atoms with Crippen LogP contribution in [0.2, 0.25) is 0 Å². The molecule has 0 amide bonds. The number of Topliss-reactive ketones (excluding diaryl/α,β-unsaturated/α-hetero) is 1. The van der Waals surface area contributed by atoms with Crippen LogP contribution in [0, 0.1) is 12.3 Å². The first-order valence-corrected chi connectivity index (χ1v) is 5.25. The molecule has 2 nitrogen and oxygen atoms in total. The molecule has 1 aliphatic heterocycles. The lowest BCUT2D eigenvalue weighted by Crippen LogP contribution is -2.21. The van der Waals surface area contributed by atoms with Gasteiger partial charge in [-0.3, -0.25) is 4.79 Å². The van der Waals surface area contributed by atoms with Crippen molar-refractivity contribution in [2.24, 2.45) is 5.41 Å². The molecule has 1 heterocycles. The highest BCUT2D eigenvalue weighted by Crippen LogP contribution is 2.32. The van der Waals surface area contributed by atoms with Crippen LogP contribution in [-0.4, -0.2) is 12.4 Å². The monoisotopic (exact) mass is 204 g/mol. The second-order valence-corrected chi connectivity index (χ2v) is 5.05. The summed E-state index contributed by atoms with van der Waals surface area (Å²) in [5, 5.41) is 0. The third-order valence-corrected chi connectivity index (χ3v) is 2.69. The molecule has 0 aliphatic carbocycles. The van der Waals surface area contributed by atoms with Crippen molar-refractivity contribution in [3.05, 3.63) is 29.3 Å². The van der Waals surface area contributed by atoms with Crippen molar-refractivity contribution in [2.75, 3.05) is 6.61 Å². The van der Waals surface area contributed by atoms with Gasteiger partial charge >= 0.3 is 0 Å². The molecule has 2 heteroatoms. The number of aryl methyl sites for hydroxylation is 1. The lowest BCUT2D eigenvalue weighted by molar-refractivity contribution is 0.0918. The van der Waals surface area contributed by atoms with Gasteiger partial charge in [0.15, 0.2) is 5.78 Å². The van der Waals surface area contributed by atoms with E-state index in [1.807, 2.05) is 25.1 Å². The Morgan fingerprint density at radius 2 is 2.07 bits per heavy atom. The predicted octanol–water partition coefficient (Wildman–Crippen LogP) is 2.99. The molecule has 15 heavy (non-hydrogen) atoms. The molecule has 0 bridgehead atoms.